The second kappa shape index (κ2) is 3.63. The van der Waals surface area contributed by atoms with Crippen LogP contribution in [0.1, 0.15) is 12.8 Å². The van der Waals surface area contributed by atoms with Gasteiger partial charge in [-0.1, -0.05) is 12.2 Å². The predicted molar refractivity (Wildman–Crippen MR) is 41.7 cm³/mol. The van der Waals surface area contributed by atoms with Crippen molar-refractivity contribution < 1.29 is 0 Å². The van der Waals surface area contributed by atoms with Crippen molar-refractivity contribution in [1.82, 2.24) is 0 Å². The molecule has 0 spiro atoms. The molecule has 0 aromatic rings. The van der Waals surface area contributed by atoms with Crippen LogP contribution in [0.25, 0.3) is 0 Å². The predicted octanol–water partition coefficient (Wildman–Crippen LogP) is 2.33. The number of nitrogens with zero attached hydrogens (tertiary/aromatic N) is 1. The van der Waals surface area contributed by atoms with E-state index >= 15 is 0 Å². The summed E-state index contributed by atoms with van der Waals surface area (Å²) in [6.45, 7) is 0. The average Bonchev–Trinajstić information content (AvgIpc) is 2.04. The van der Waals surface area contributed by atoms with Crippen LogP contribution in [0, 0.1) is 23.2 Å². The lowest BCUT2D eigenvalue weighted by Gasteiger charge is -2.19. The maximum atomic E-state index is 8.65. The zero-order valence-electron chi connectivity index (χ0n) is 5.76. The van der Waals surface area contributed by atoms with Gasteiger partial charge in [0, 0.05) is 5.88 Å². The summed E-state index contributed by atoms with van der Waals surface area (Å²) in [5.41, 5.74) is 0. The van der Waals surface area contributed by atoms with Gasteiger partial charge < -0.3 is 0 Å². The van der Waals surface area contributed by atoms with E-state index in [9.17, 15) is 0 Å². The molecule has 0 saturated carbocycles. The van der Waals surface area contributed by atoms with Crippen LogP contribution in [0.2, 0.25) is 0 Å². The quantitative estimate of drug-likeness (QED) is 0.421. The molecule has 10 heavy (non-hydrogen) atoms. The first kappa shape index (κ1) is 7.63. The van der Waals surface area contributed by atoms with E-state index < -0.39 is 0 Å². The van der Waals surface area contributed by atoms with Crippen molar-refractivity contribution in [3.8, 4) is 6.07 Å². The van der Waals surface area contributed by atoms with Crippen molar-refractivity contribution in [3.05, 3.63) is 12.2 Å². The molecule has 2 heteroatoms. The standard InChI is InChI=1S/C8H10ClN/c9-5-7-3-1-2-4-8(7)6-10/h1-2,7-8H,3-5H2/t7-,8-/m0/s1. The lowest BCUT2D eigenvalue weighted by Crippen LogP contribution is -2.16. The average molecular weight is 156 g/mol. The van der Waals surface area contributed by atoms with Gasteiger partial charge in [0.15, 0.2) is 0 Å². The number of alkyl halides is 1. The minimum absolute atomic E-state index is 0.155. The van der Waals surface area contributed by atoms with Crippen LogP contribution in [0.15, 0.2) is 12.2 Å². The first-order valence-corrected chi connectivity index (χ1v) is 4.02. The van der Waals surface area contributed by atoms with E-state index in [-0.39, 0.29) is 5.92 Å². The molecule has 0 bridgehead atoms. The fourth-order valence-corrected chi connectivity index (χ4v) is 1.54. The SMILES string of the molecule is N#C[C@@H]1CC=CC[C@H]1CCl. The zero-order valence-corrected chi connectivity index (χ0v) is 6.51. The highest BCUT2D eigenvalue weighted by Gasteiger charge is 2.20. The summed E-state index contributed by atoms with van der Waals surface area (Å²) >= 11 is 5.67. The fourth-order valence-electron chi connectivity index (χ4n) is 1.20. The van der Waals surface area contributed by atoms with E-state index in [1.165, 1.54) is 0 Å². The summed E-state index contributed by atoms with van der Waals surface area (Å²) in [7, 11) is 0. The van der Waals surface area contributed by atoms with Crippen molar-refractivity contribution in [3.63, 3.8) is 0 Å². The van der Waals surface area contributed by atoms with Gasteiger partial charge >= 0.3 is 0 Å². The fraction of sp³-hybridized carbons (Fsp3) is 0.625. The molecule has 2 atom stereocenters. The molecule has 0 aromatic carbocycles. The molecular formula is C8H10ClN. The highest BCUT2D eigenvalue weighted by atomic mass is 35.5. The Bertz CT molecular complexity index is 169. The van der Waals surface area contributed by atoms with Crippen molar-refractivity contribution in [2.75, 3.05) is 5.88 Å². The van der Waals surface area contributed by atoms with Gasteiger partial charge in [-0.05, 0) is 18.8 Å². The van der Waals surface area contributed by atoms with Crippen LogP contribution in [0.5, 0.6) is 0 Å². The Kier molecular flexibility index (Phi) is 2.77. The number of halogens is 1. The molecule has 0 N–H and O–H groups in total. The van der Waals surface area contributed by atoms with Crippen molar-refractivity contribution in [2.24, 2.45) is 11.8 Å². The Labute approximate surface area is 66.3 Å². The van der Waals surface area contributed by atoms with Crippen LogP contribution >= 0.6 is 11.6 Å². The molecule has 54 valence electrons. The topological polar surface area (TPSA) is 23.8 Å². The van der Waals surface area contributed by atoms with E-state index in [1.54, 1.807) is 0 Å². The number of hydrogen-bond donors (Lipinski definition) is 0. The van der Waals surface area contributed by atoms with E-state index in [0.717, 1.165) is 12.8 Å². The van der Waals surface area contributed by atoms with Gasteiger partial charge in [0.2, 0.25) is 0 Å². The van der Waals surface area contributed by atoms with Crippen LogP contribution in [-0.4, -0.2) is 5.88 Å². The van der Waals surface area contributed by atoms with Crippen molar-refractivity contribution in [2.45, 2.75) is 12.8 Å². The van der Waals surface area contributed by atoms with Crippen LogP contribution < -0.4 is 0 Å². The van der Waals surface area contributed by atoms with Gasteiger partial charge in [-0.15, -0.1) is 11.6 Å². The van der Waals surface area contributed by atoms with E-state index in [1.807, 2.05) is 0 Å². The Morgan fingerprint density at radius 3 is 2.70 bits per heavy atom. The Balaban J connectivity index is 2.55. The molecule has 1 nitrogen and oxygen atoms in total. The molecule has 0 unspecified atom stereocenters. The maximum Gasteiger partial charge on any atom is 0.0662 e. The van der Waals surface area contributed by atoms with Crippen LogP contribution in [0.4, 0.5) is 0 Å². The molecule has 0 radical (unpaired) electrons. The minimum atomic E-state index is 0.155. The molecule has 0 amide bonds. The van der Waals surface area contributed by atoms with E-state index in [4.69, 9.17) is 16.9 Å². The summed E-state index contributed by atoms with van der Waals surface area (Å²) in [4.78, 5) is 0. The van der Waals surface area contributed by atoms with Gasteiger partial charge in [-0.2, -0.15) is 5.26 Å². The number of nitriles is 1. The first-order chi connectivity index (χ1) is 4.88. The second-order valence-electron chi connectivity index (χ2n) is 2.59. The van der Waals surface area contributed by atoms with Crippen LogP contribution in [-0.2, 0) is 0 Å². The summed E-state index contributed by atoms with van der Waals surface area (Å²) in [6, 6.07) is 2.27. The van der Waals surface area contributed by atoms with E-state index in [0.29, 0.717) is 11.8 Å². The molecule has 1 aliphatic rings. The second-order valence-corrected chi connectivity index (χ2v) is 2.90. The summed E-state index contributed by atoms with van der Waals surface area (Å²) in [5, 5.41) is 8.65. The molecular weight excluding hydrogens is 146 g/mol. The highest BCUT2D eigenvalue weighted by molar-refractivity contribution is 6.18. The highest BCUT2D eigenvalue weighted by Crippen LogP contribution is 2.25. The van der Waals surface area contributed by atoms with Gasteiger partial charge in [-0.3, -0.25) is 0 Å². The normalized spacial score (nSPS) is 31.6. The number of allylic oxidation sites excluding steroid dienone is 2. The smallest absolute Gasteiger partial charge is 0.0662 e. The van der Waals surface area contributed by atoms with Crippen LogP contribution in [0.3, 0.4) is 0 Å². The molecule has 0 aromatic heterocycles. The third-order valence-electron chi connectivity index (χ3n) is 1.93. The molecule has 1 aliphatic carbocycles. The van der Waals surface area contributed by atoms with Gasteiger partial charge in [-0.25, -0.2) is 0 Å². The maximum absolute atomic E-state index is 8.65. The number of hydrogen-bond acceptors (Lipinski definition) is 1. The zero-order chi connectivity index (χ0) is 7.40. The van der Waals surface area contributed by atoms with Gasteiger partial charge in [0.1, 0.15) is 0 Å². The van der Waals surface area contributed by atoms with Crippen molar-refractivity contribution >= 4 is 11.6 Å². The Morgan fingerprint density at radius 2 is 2.20 bits per heavy atom. The lowest BCUT2D eigenvalue weighted by atomic mass is 9.85. The third kappa shape index (κ3) is 1.52. The molecule has 0 fully saturated rings. The summed E-state index contributed by atoms with van der Waals surface area (Å²) in [5.74, 6) is 1.15. The van der Waals surface area contributed by atoms with Gasteiger partial charge in [0.05, 0.1) is 12.0 Å². The molecule has 0 aliphatic heterocycles. The molecule has 0 saturated heterocycles. The summed E-state index contributed by atoms with van der Waals surface area (Å²) in [6.07, 6.45) is 6.04. The van der Waals surface area contributed by atoms with Gasteiger partial charge in [0.25, 0.3) is 0 Å². The Hall–Kier alpha value is -0.480. The minimum Gasteiger partial charge on any atom is -0.198 e. The largest absolute Gasteiger partial charge is 0.198 e. The summed E-state index contributed by atoms with van der Waals surface area (Å²) < 4.78 is 0. The molecule has 0 heterocycles. The monoisotopic (exact) mass is 155 g/mol. The van der Waals surface area contributed by atoms with Crippen molar-refractivity contribution in [1.29, 1.82) is 5.26 Å². The molecule has 1 rings (SSSR count). The van der Waals surface area contributed by atoms with E-state index in [2.05, 4.69) is 18.2 Å². The lowest BCUT2D eigenvalue weighted by molar-refractivity contribution is 0.434. The number of rotatable bonds is 1. The Morgan fingerprint density at radius 1 is 1.50 bits per heavy atom. The third-order valence-corrected chi connectivity index (χ3v) is 2.32. The first-order valence-electron chi connectivity index (χ1n) is 3.49.